The molecule has 0 aliphatic heterocycles. The average Bonchev–Trinajstić information content (AvgIpc) is 2.74. The van der Waals surface area contributed by atoms with Crippen molar-refractivity contribution >= 4 is 11.9 Å². The van der Waals surface area contributed by atoms with Crippen molar-refractivity contribution in [2.24, 2.45) is 5.92 Å². The molecule has 174 valence electrons. The standard InChI is InChI=1S/C26H35NO5/c1-17(2)11-24(21-13-18(3)12-19(4)14-21)27-26(29)23-15-22(32-16-30-5)9-7-20(23)8-10-25(28)31-6/h7,9,12-15,17,24H,8,10-11,16H2,1-6H3,(H,27,29). The van der Waals surface area contributed by atoms with Crippen molar-refractivity contribution in [3.05, 3.63) is 64.2 Å². The van der Waals surface area contributed by atoms with Crippen LogP contribution in [-0.4, -0.2) is 32.9 Å². The first-order valence-electron chi connectivity index (χ1n) is 10.9. The Kier molecular flexibility index (Phi) is 9.72. The Morgan fingerprint density at radius 1 is 1.00 bits per heavy atom. The van der Waals surface area contributed by atoms with Gasteiger partial charge in [-0.2, -0.15) is 0 Å². The zero-order valence-electron chi connectivity index (χ0n) is 20.0. The molecular formula is C26H35NO5. The van der Waals surface area contributed by atoms with E-state index in [0.717, 1.165) is 28.7 Å². The molecule has 0 bridgehead atoms. The largest absolute Gasteiger partial charge is 0.469 e. The van der Waals surface area contributed by atoms with Gasteiger partial charge in [-0.25, -0.2) is 0 Å². The number of esters is 1. The van der Waals surface area contributed by atoms with Gasteiger partial charge >= 0.3 is 5.97 Å². The Hall–Kier alpha value is -2.86. The van der Waals surface area contributed by atoms with Crippen LogP contribution in [0.25, 0.3) is 0 Å². The molecule has 0 heterocycles. The van der Waals surface area contributed by atoms with E-state index in [-0.39, 0.29) is 31.1 Å². The molecule has 0 aliphatic carbocycles. The Bertz CT molecular complexity index is 902. The topological polar surface area (TPSA) is 73.9 Å². The van der Waals surface area contributed by atoms with Crippen LogP contribution < -0.4 is 10.1 Å². The highest BCUT2D eigenvalue weighted by molar-refractivity contribution is 5.96. The Balaban J connectivity index is 2.35. The second-order valence-corrected chi connectivity index (χ2v) is 8.52. The van der Waals surface area contributed by atoms with E-state index in [1.54, 1.807) is 19.2 Å². The maximum atomic E-state index is 13.4. The quantitative estimate of drug-likeness (QED) is 0.396. The average molecular weight is 442 g/mol. The van der Waals surface area contributed by atoms with Crippen molar-refractivity contribution in [1.29, 1.82) is 0 Å². The fourth-order valence-corrected chi connectivity index (χ4v) is 3.74. The zero-order chi connectivity index (χ0) is 23.7. The normalized spacial score (nSPS) is 11.8. The summed E-state index contributed by atoms with van der Waals surface area (Å²) in [7, 11) is 2.90. The Morgan fingerprint density at radius 3 is 2.28 bits per heavy atom. The lowest BCUT2D eigenvalue weighted by Gasteiger charge is -2.23. The molecule has 0 saturated carbocycles. The van der Waals surface area contributed by atoms with Crippen LogP contribution in [0.15, 0.2) is 36.4 Å². The first kappa shape index (κ1) is 25.4. The predicted octanol–water partition coefficient (Wildman–Crippen LogP) is 4.91. The van der Waals surface area contributed by atoms with Crippen molar-refractivity contribution in [2.45, 2.75) is 53.0 Å². The molecule has 2 aromatic rings. The number of nitrogens with one attached hydrogen (secondary N) is 1. The second-order valence-electron chi connectivity index (χ2n) is 8.52. The van der Waals surface area contributed by atoms with Gasteiger partial charge in [0.15, 0.2) is 6.79 Å². The third-order valence-corrected chi connectivity index (χ3v) is 5.15. The van der Waals surface area contributed by atoms with Crippen molar-refractivity contribution in [3.63, 3.8) is 0 Å². The van der Waals surface area contributed by atoms with Crippen molar-refractivity contribution in [1.82, 2.24) is 5.32 Å². The van der Waals surface area contributed by atoms with E-state index in [2.05, 4.69) is 51.2 Å². The number of hydrogen-bond donors (Lipinski definition) is 1. The molecule has 0 aromatic heterocycles. The fraction of sp³-hybridized carbons (Fsp3) is 0.462. The molecule has 6 heteroatoms. The summed E-state index contributed by atoms with van der Waals surface area (Å²) in [6.07, 6.45) is 1.41. The van der Waals surface area contributed by atoms with Gasteiger partial charge in [-0.1, -0.05) is 49.2 Å². The third-order valence-electron chi connectivity index (χ3n) is 5.15. The number of hydrogen-bond acceptors (Lipinski definition) is 5. The third kappa shape index (κ3) is 7.68. The van der Waals surface area contributed by atoms with Gasteiger partial charge in [-0.15, -0.1) is 0 Å². The summed E-state index contributed by atoms with van der Waals surface area (Å²) < 4.78 is 15.3. The Labute approximate surface area is 191 Å². The lowest BCUT2D eigenvalue weighted by atomic mass is 9.93. The molecule has 0 spiro atoms. The molecule has 0 fully saturated rings. The monoisotopic (exact) mass is 441 g/mol. The molecule has 0 aliphatic rings. The van der Waals surface area contributed by atoms with Crippen LogP contribution in [0.2, 0.25) is 0 Å². The second kappa shape index (κ2) is 12.2. The minimum Gasteiger partial charge on any atom is -0.469 e. The number of methoxy groups -OCH3 is 2. The van der Waals surface area contributed by atoms with Gasteiger partial charge in [0.05, 0.1) is 13.2 Å². The summed E-state index contributed by atoms with van der Waals surface area (Å²) in [6.45, 7) is 8.49. The van der Waals surface area contributed by atoms with E-state index in [0.29, 0.717) is 23.7 Å². The maximum absolute atomic E-state index is 13.4. The number of amides is 1. The summed E-state index contributed by atoms with van der Waals surface area (Å²) >= 11 is 0. The molecular weight excluding hydrogens is 406 g/mol. The molecule has 2 aromatic carbocycles. The minimum absolute atomic E-state index is 0.0844. The summed E-state index contributed by atoms with van der Waals surface area (Å²) in [5.41, 5.74) is 4.67. The van der Waals surface area contributed by atoms with E-state index in [1.165, 1.54) is 7.11 Å². The summed E-state index contributed by atoms with van der Waals surface area (Å²) in [5, 5.41) is 3.22. The van der Waals surface area contributed by atoms with Gasteiger partial charge in [0.25, 0.3) is 5.91 Å². The number of benzene rings is 2. The van der Waals surface area contributed by atoms with Crippen molar-refractivity contribution in [2.75, 3.05) is 21.0 Å². The first-order valence-corrected chi connectivity index (χ1v) is 10.9. The van der Waals surface area contributed by atoms with E-state index in [1.807, 2.05) is 6.07 Å². The molecule has 1 atom stereocenters. The lowest BCUT2D eigenvalue weighted by molar-refractivity contribution is -0.140. The first-order chi connectivity index (χ1) is 15.2. The van der Waals surface area contributed by atoms with E-state index in [9.17, 15) is 9.59 Å². The van der Waals surface area contributed by atoms with Gasteiger partial charge in [-0.05, 0) is 55.9 Å². The van der Waals surface area contributed by atoms with Crippen LogP contribution in [0.4, 0.5) is 0 Å². The highest BCUT2D eigenvalue weighted by atomic mass is 16.7. The molecule has 6 nitrogen and oxygen atoms in total. The van der Waals surface area contributed by atoms with E-state index in [4.69, 9.17) is 14.2 Å². The minimum atomic E-state index is -0.316. The molecule has 2 rings (SSSR count). The highest BCUT2D eigenvalue weighted by Crippen LogP contribution is 2.26. The van der Waals surface area contributed by atoms with Crippen molar-refractivity contribution in [3.8, 4) is 5.75 Å². The molecule has 32 heavy (non-hydrogen) atoms. The van der Waals surface area contributed by atoms with Crippen molar-refractivity contribution < 1.29 is 23.8 Å². The smallest absolute Gasteiger partial charge is 0.305 e. The SMILES string of the molecule is COCOc1ccc(CCC(=O)OC)c(C(=O)NC(CC(C)C)c2cc(C)cc(C)c2)c1. The predicted molar refractivity (Wildman–Crippen MR) is 125 cm³/mol. The summed E-state index contributed by atoms with van der Waals surface area (Å²) in [6, 6.07) is 11.5. The number of aryl methyl sites for hydroxylation is 3. The van der Waals surface area contributed by atoms with Crippen LogP contribution in [0.1, 0.15) is 65.3 Å². The molecule has 1 unspecified atom stereocenters. The maximum Gasteiger partial charge on any atom is 0.305 e. The Morgan fingerprint density at radius 2 is 1.69 bits per heavy atom. The number of rotatable bonds is 11. The molecule has 1 N–H and O–H groups in total. The van der Waals surface area contributed by atoms with E-state index >= 15 is 0 Å². The van der Waals surface area contributed by atoms with Crippen LogP contribution in [0.3, 0.4) is 0 Å². The van der Waals surface area contributed by atoms with Crippen LogP contribution in [-0.2, 0) is 20.7 Å². The fourth-order valence-electron chi connectivity index (χ4n) is 3.74. The van der Waals surface area contributed by atoms with Gasteiger partial charge in [0, 0.05) is 19.1 Å². The molecule has 0 saturated heterocycles. The highest BCUT2D eigenvalue weighted by Gasteiger charge is 2.21. The van der Waals surface area contributed by atoms with Gasteiger partial charge in [0.2, 0.25) is 0 Å². The summed E-state index contributed by atoms with van der Waals surface area (Å²) in [5.74, 6) is 0.420. The number of ether oxygens (including phenoxy) is 3. The number of carbonyl (C=O) groups excluding carboxylic acids is 2. The zero-order valence-corrected chi connectivity index (χ0v) is 20.0. The molecule has 1 amide bonds. The van der Waals surface area contributed by atoms with E-state index < -0.39 is 0 Å². The van der Waals surface area contributed by atoms with Gasteiger partial charge in [-0.3, -0.25) is 9.59 Å². The van der Waals surface area contributed by atoms with Gasteiger partial charge in [0.1, 0.15) is 5.75 Å². The van der Waals surface area contributed by atoms with Crippen LogP contribution in [0.5, 0.6) is 5.75 Å². The van der Waals surface area contributed by atoms with Crippen LogP contribution in [0, 0.1) is 19.8 Å². The molecule has 0 radical (unpaired) electrons. The lowest BCUT2D eigenvalue weighted by Crippen LogP contribution is -2.30. The number of carbonyl (C=O) groups is 2. The summed E-state index contributed by atoms with van der Waals surface area (Å²) in [4.78, 5) is 25.1. The van der Waals surface area contributed by atoms with Gasteiger partial charge < -0.3 is 19.5 Å². The van der Waals surface area contributed by atoms with Crippen LogP contribution >= 0.6 is 0 Å².